The first-order valence-corrected chi connectivity index (χ1v) is 5.49. The number of nitrogens with zero attached hydrogens (tertiary/aromatic N) is 2. The molecule has 1 amide bonds. The molecule has 100 valence electrons. The maximum Gasteiger partial charge on any atom is 0.251 e. The van der Waals surface area contributed by atoms with Crippen LogP contribution in [-0.4, -0.2) is 44.4 Å². The lowest BCUT2D eigenvalue weighted by Crippen LogP contribution is -2.38. The van der Waals surface area contributed by atoms with Crippen LogP contribution in [0, 0.1) is 0 Å². The number of nitrogens with two attached hydrogens (primary N) is 1. The van der Waals surface area contributed by atoms with Crippen LogP contribution in [0.3, 0.4) is 0 Å². The maximum absolute atomic E-state index is 12.1. The zero-order chi connectivity index (χ0) is 13.7. The van der Waals surface area contributed by atoms with Gasteiger partial charge in [0, 0.05) is 18.4 Å². The van der Waals surface area contributed by atoms with Crippen molar-refractivity contribution in [2.45, 2.75) is 6.43 Å². The number of carbonyl (C=O) groups excluding carboxylic acids is 1. The second kappa shape index (κ2) is 6.30. The molecule has 0 aliphatic heterocycles. The molecule has 18 heavy (non-hydrogen) atoms. The Bertz CT molecular complexity index is 395. The Kier molecular flexibility index (Phi) is 5.03. The van der Waals surface area contributed by atoms with Gasteiger partial charge in [-0.1, -0.05) is 0 Å². The summed E-state index contributed by atoms with van der Waals surface area (Å²) in [6.07, 6.45) is -2.44. The van der Waals surface area contributed by atoms with Crippen LogP contribution in [0.25, 0.3) is 0 Å². The lowest BCUT2D eigenvalue weighted by molar-refractivity contribution is -0.119. The molecule has 0 aromatic heterocycles. The highest BCUT2D eigenvalue weighted by molar-refractivity contribution is 5.94. The molecule has 0 saturated carbocycles. The first-order valence-electron chi connectivity index (χ1n) is 5.49. The SMILES string of the molecule is CN(CC(=O)N(C)c1ccc(N)cc1)CC(F)F. The zero-order valence-electron chi connectivity index (χ0n) is 10.4. The van der Waals surface area contributed by atoms with Gasteiger partial charge in [-0.3, -0.25) is 9.69 Å². The van der Waals surface area contributed by atoms with Crippen LogP contribution in [-0.2, 0) is 4.79 Å². The van der Waals surface area contributed by atoms with Crippen molar-refractivity contribution >= 4 is 17.3 Å². The normalized spacial score (nSPS) is 11.0. The number of amides is 1. The number of anilines is 2. The number of rotatable bonds is 5. The summed E-state index contributed by atoms with van der Waals surface area (Å²) in [4.78, 5) is 14.5. The Hall–Kier alpha value is -1.69. The van der Waals surface area contributed by atoms with E-state index in [1.165, 1.54) is 16.8 Å². The van der Waals surface area contributed by atoms with Crippen molar-refractivity contribution in [3.05, 3.63) is 24.3 Å². The van der Waals surface area contributed by atoms with E-state index in [1.54, 1.807) is 31.3 Å². The van der Waals surface area contributed by atoms with E-state index in [9.17, 15) is 13.6 Å². The number of likely N-dealkylation sites (N-methyl/N-ethyl adjacent to an activating group) is 2. The lowest BCUT2D eigenvalue weighted by Gasteiger charge is -2.21. The third-order valence-electron chi connectivity index (χ3n) is 2.51. The van der Waals surface area contributed by atoms with Crippen LogP contribution in [0.15, 0.2) is 24.3 Å². The summed E-state index contributed by atoms with van der Waals surface area (Å²) in [6, 6.07) is 6.78. The van der Waals surface area contributed by atoms with Gasteiger partial charge in [0.25, 0.3) is 6.43 Å². The fraction of sp³-hybridized carbons (Fsp3) is 0.417. The summed E-state index contributed by atoms with van der Waals surface area (Å²) < 4.78 is 24.2. The fourth-order valence-electron chi connectivity index (χ4n) is 1.48. The topological polar surface area (TPSA) is 49.6 Å². The Labute approximate surface area is 105 Å². The first kappa shape index (κ1) is 14.4. The van der Waals surface area contributed by atoms with Crippen molar-refractivity contribution in [2.75, 3.05) is 37.8 Å². The lowest BCUT2D eigenvalue weighted by atomic mass is 10.2. The zero-order valence-corrected chi connectivity index (χ0v) is 10.4. The van der Waals surface area contributed by atoms with E-state index < -0.39 is 13.0 Å². The Morgan fingerprint density at radius 1 is 1.28 bits per heavy atom. The van der Waals surface area contributed by atoms with Gasteiger partial charge in [0.05, 0.1) is 13.1 Å². The average Bonchev–Trinajstić information content (AvgIpc) is 2.27. The molecule has 6 heteroatoms. The van der Waals surface area contributed by atoms with E-state index in [2.05, 4.69) is 0 Å². The van der Waals surface area contributed by atoms with E-state index in [0.29, 0.717) is 11.4 Å². The summed E-state index contributed by atoms with van der Waals surface area (Å²) in [5.41, 5.74) is 6.83. The second-order valence-electron chi connectivity index (χ2n) is 4.13. The summed E-state index contributed by atoms with van der Waals surface area (Å²) >= 11 is 0. The molecule has 0 aliphatic carbocycles. The van der Waals surface area contributed by atoms with Crippen LogP contribution in [0.2, 0.25) is 0 Å². The summed E-state index contributed by atoms with van der Waals surface area (Å²) in [5, 5.41) is 0. The second-order valence-corrected chi connectivity index (χ2v) is 4.13. The number of carbonyl (C=O) groups is 1. The number of hydrogen-bond donors (Lipinski definition) is 1. The van der Waals surface area contributed by atoms with Crippen LogP contribution in [0.5, 0.6) is 0 Å². The van der Waals surface area contributed by atoms with Gasteiger partial charge in [-0.2, -0.15) is 0 Å². The summed E-state index contributed by atoms with van der Waals surface area (Å²) in [6.45, 7) is -0.466. The van der Waals surface area contributed by atoms with Crippen LogP contribution >= 0.6 is 0 Å². The molecule has 0 spiro atoms. The highest BCUT2D eigenvalue weighted by Crippen LogP contribution is 2.15. The molecule has 0 aliphatic rings. The molecule has 0 unspecified atom stereocenters. The Balaban J connectivity index is 2.58. The largest absolute Gasteiger partial charge is 0.399 e. The van der Waals surface area contributed by atoms with Gasteiger partial charge in [-0.05, 0) is 31.3 Å². The molecular weight excluding hydrogens is 240 g/mol. The van der Waals surface area contributed by atoms with Crippen molar-refractivity contribution in [1.29, 1.82) is 0 Å². The van der Waals surface area contributed by atoms with Crippen LogP contribution in [0.4, 0.5) is 20.2 Å². The van der Waals surface area contributed by atoms with Crippen molar-refractivity contribution in [2.24, 2.45) is 0 Å². The number of hydrogen-bond acceptors (Lipinski definition) is 3. The monoisotopic (exact) mass is 257 g/mol. The predicted octanol–water partition coefficient (Wildman–Crippen LogP) is 1.43. The predicted molar refractivity (Wildman–Crippen MR) is 67.8 cm³/mol. The van der Waals surface area contributed by atoms with Crippen LogP contribution in [0.1, 0.15) is 0 Å². The minimum Gasteiger partial charge on any atom is -0.399 e. The first-order chi connectivity index (χ1) is 8.40. The van der Waals surface area contributed by atoms with Gasteiger partial charge in [0.2, 0.25) is 5.91 Å². The number of nitrogen functional groups attached to an aromatic ring is 1. The minimum absolute atomic E-state index is 0.0504. The Morgan fingerprint density at radius 2 is 1.83 bits per heavy atom. The van der Waals surface area contributed by atoms with Crippen molar-refractivity contribution < 1.29 is 13.6 Å². The molecular formula is C12H17F2N3O. The van der Waals surface area contributed by atoms with E-state index in [0.717, 1.165) is 0 Å². The van der Waals surface area contributed by atoms with E-state index >= 15 is 0 Å². The fourth-order valence-corrected chi connectivity index (χ4v) is 1.48. The van der Waals surface area contributed by atoms with Crippen LogP contribution < -0.4 is 10.6 Å². The van der Waals surface area contributed by atoms with Crippen molar-refractivity contribution in [3.8, 4) is 0 Å². The van der Waals surface area contributed by atoms with Gasteiger partial charge in [-0.25, -0.2) is 8.78 Å². The molecule has 1 aromatic rings. The van der Waals surface area contributed by atoms with Gasteiger partial charge in [-0.15, -0.1) is 0 Å². The van der Waals surface area contributed by atoms with Gasteiger partial charge in [0.1, 0.15) is 0 Å². The highest BCUT2D eigenvalue weighted by atomic mass is 19.3. The maximum atomic E-state index is 12.1. The van der Waals surface area contributed by atoms with E-state index in [1.807, 2.05) is 0 Å². The van der Waals surface area contributed by atoms with Gasteiger partial charge >= 0.3 is 0 Å². The molecule has 0 bridgehead atoms. The molecule has 0 radical (unpaired) electrons. The molecule has 4 nitrogen and oxygen atoms in total. The van der Waals surface area contributed by atoms with E-state index in [4.69, 9.17) is 5.73 Å². The smallest absolute Gasteiger partial charge is 0.251 e. The number of halogens is 2. The van der Waals surface area contributed by atoms with Crippen molar-refractivity contribution in [1.82, 2.24) is 4.90 Å². The molecule has 0 atom stereocenters. The standard InChI is InChI=1S/C12H17F2N3O/c1-16(7-11(13)14)8-12(18)17(2)10-5-3-9(15)4-6-10/h3-6,11H,7-8,15H2,1-2H3. The molecule has 0 saturated heterocycles. The molecule has 1 rings (SSSR count). The van der Waals surface area contributed by atoms with E-state index in [-0.39, 0.29) is 12.5 Å². The van der Waals surface area contributed by atoms with Crippen molar-refractivity contribution in [3.63, 3.8) is 0 Å². The Morgan fingerprint density at radius 3 is 2.33 bits per heavy atom. The minimum atomic E-state index is -2.44. The number of benzene rings is 1. The summed E-state index contributed by atoms with van der Waals surface area (Å²) in [7, 11) is 3.09. The molecule has 0 heterocycles. The van der Waals surface area contributed by atoms with Gasteiger partial charge in [0.15, 0.2) is 0 Å². The number of alkyl halides is 2. The molecule has 1 aromatic carbocycles. The summed E-state index contributed by atoms with van der Waals surface area (Å²) in [5.74, 6) is -0.247. The highest BCUT2D eigenvalue weighted by Gasteiger charge is 2.15. The van der Waals surface area contributed by atoms with Gasteiger partial charge < -0.3 is 10.6 Å². The third-order valence-corrected chi connectivity index (χ3v) is 2.51. The average molecular weight is 257 g/mol. The molecule has 2 N–H and O–H groups in total. The molecule has 0 fully saturated rings. The third kappa shape index (κ3) is 4.29. The quantitative estimate of drug-likeness (QED) is 0.812.